The van der Waals surface area contributed by atoms with Gasteiger partial charge in [0.05, 0.1) is 23.1 Å². The molecule has 0 atom stereocenters. The molecule has 0 aliphatic rings. The predicted molar refractivity (Wildman–Crippen MR) is 144 cm³/mol. The van der Waals surface area contributed by atoms with Crippen LogP contribution < -0.4 is 15.4 Å². The first kappa shape index (κ1) is 26.7. The van der Waals surface area contributed by atoms with Gasteiger partial charge in [-0.1, -0.05) is 12.6 Å². The van der Waals surface area contributed by atoms with E-state index >= 15 is 0 Å². The monoisotopic (exact) mass is 521 g/mol. The van der Waals surface area contributed by atoms with Crippen molar-refractivity contribution in [3.05, 3.63) is 67.0 Å². The molecule has 0 bridgehead atoms. The third kappa shape index (κ3) is 6.48. The zero-order chi connectivity index (χ0) is 27.2. The topological polar surface area (TPSA) is 97.2 Å². The van der Waals surface area contributed by atoms with Crippen LogP contribution in [0, 0.1) is 0 Å². The molecule has 9 nitrogen and oxygen atoms in total. The Kier molecular flexibility index (Phi) is 8.27. The average Bonchev–Trinajstić information content (AvgIpc) is 3.25. The van der Waals surface area contributed by atoms with E-state index in [1.54, 1.807) is 29.2 Å². The Morgan fingerprint density at radius 2 is 2.03 bits per heavy atom. The van der Waals surface area contributed by atoms with Crippen molar-refractivity contribution in [3.63, 3.8) is 0 Å². The van der Waals surface area contributed by atoms with Gasteiger partial charge in [0.1, 0.15) is 5.75 Å². The first-order valence-electron chi connectivity index (χ1n) is 12.0. The zero-order valence-electron chi connectivity index (χ0n) is 21.4. The Balaban J connectivity index is 1.68. The Bertz CT molecular complexity index is 1450. The van der Waals surface area contributed by atoms with Crippen LogP contribution >= 0.6 is 0 Å². The van der Waals surface area contributed by atoms with E-state index in [2.05, 4.69) is 32.3 Å². The van der Waals surface area contributed by atoms with Crippen molar-refractivity contribution in [2.45, 2.75) is 19.5 Å². The van der Waals surface area contributed by atoms with Crippen molar-refractivity contribution >= 4 is 34.1 Å². The quantitative estimate of drug-likeness (QED) is 0.268. The van der Waals surface area contributed by atoms with Crippen LogP contribution in [-0.4, -0.2) is 57.8 Å². The Hall–Kier alpha value is -4.38. The van der Waals surface area contributed by atoms with Crippen LogP contribution in [-0.2, 0) is 18.3 Å². The lowest BCUT2D eigenvalue weighted by Gasteiger charge is -2.18. The van der Waals surface area contributed by atoms with Gasteiger partial charge in [0, 0.05) is 29.9 Å². The smallest absolute Gasteiger partial charge is 0.387 e. The van der Waals surface area contributed by atoms with E-state index in [9.17, 15) is 13.6 Å². The molecule has 11 heteroatoms. The highest BCUT2D eigenvalue weighted by Crippen LogP contribution is 2.35. The number of halogens is 2. The molecule has 0 spiro atoms. The average molecular weight is 522 g/mol. The van der Waals surface area contributed by atoms with Gasteiger partial charge in [0.2, 0.25) is 11.9 Å². The summed E-state index contributed by atoms with van der Waals surface area (Å²) in [6, 6.07) is 10.6. The number of fused-ring (bicyclic) bond motifs is 1. The van der Waals surface area contributed by atoms with Gasteiger partial charge >= 0.3 is 6.61 Å². The molecule has 38 heavy (non-hydrogen) atoms. The van der Waals surface area contributed by atoms with Gasteiger partial charge in [-0.3, -0.25) is 9.48 Å². The van der Waals surface area contributed by atoms with Crippen molar-refractivity contribution in [2.24, 2.45) is 7.05 Å². The number of benzene rings is 2. The molecule has 0 saturated carbocycles. The number of nitrogens with zero attached hydrogens (tertiary/aromatic N) is 5. The number of nitrogens with one attached hydrogen (secondary N) is 2. The summed E-state index contributed by atoms with van der Waals surface area (Å²) in [6.07, 6.45) is 5.77. The van der Waals surface area contributed by atoms with Crippen molar-refractivity contribution in [2.75, 3.05) is 31.3 Å². The lowest BCUT2D eigenvalue weighted by Crippen LogP contribution is -2.15. The first-order valence-corrected chi connectivity index (χ1v) is 12.0. The maximum atomic E-state index is 13.3. The number of amides is 1. The molecule has 0 saturated heterocycles. The number of ether oxygens (including phenoxy) is 1. The molecule has 1 amide bonds. The molecule has 2 heterocycles. The SMILES string of the molecule is C=CC(=O)Nc1cc(Nc2nccc(-c3ccc4c(cnn4C)c3)n2)c(OC(F)F)cc1CCCN(C)C. The highest BCUT2D eigenvalue weighted by atomic mass is 19.3. The van der Waals surface area contributed by atoms with Gasteiger partial charge in [0.15, 0.2) is 0 Å². The molecular formula is C27H29F2N7O2. The number of hydrogen-bond donors (Lipinski definition) is 2. The second-order valence-corrected chi connectivity index (χ2v) is 8.92. The molecule has 4 aromatic rings. The van der Waals surface area contributed by atoms with Gasteiger partial charge in [-0.05, 0) is 75.5 Å². The molecule has 4 rings (SSSR count). The van der Waals surface area contributed by atoms with E-state index in [1.807, 2.05) is 44.2 Å². The summed E-state index contributed by atoms with van der Waals surface area (Å²) >= 11 is 0. The van der Waals surface area contributed by atoms with Crippen LogP contribution in [0.2, 0.25) is 0 Å². The van der Waals surface area contributed by atoms with Gasteiger partial charge in [-0.2, -0.15) is 13.9 Å². The summed E-state index contributed by atoms with van der Waals surface area (Å²) < 4.78 is 33.3. The molecule has 0 aliphatic heterocycles. The fraction of sp³-hybridized carbons (Fsp3) is 0.259. The first-order chi connectivity index (χ1) is 18.2. The van der Waals surface area contributed by atoms with E-state index in [-0.39, 0.29) is 17.4 Å². The summed E-state index contributed by atoms with van der Waals surface area (Å²) in [5.74, 6) is -0.326. The van der Waals surface area contributed by atoms with Gasteiger partial charge in [-0.15, -0.1) is 0 Å². The lowest BCUT2D eigenvalue weighted by molar-refractivity contribution is -0.111. The number of carbonyl (C=O) groups is 1. The second kappa shape index (κ2) is 11.8. The molecule has 0 fully saturated rings. The summed E-state index contributed by atoms with van der Waals surface area (Å²) in [4.78, 5) is 22.9. The second-order valence-electron chi connectivity index (χ2n) is 8.92. The van der Waals surface area contributed by atoms with Crippen molar-refractivity contribution in [1.82, 2.24) is 24.6 Å². The lowest BCUT2D eigenvalue weighted by atomic mass is 10.0. The molecule has 0 unspecified atom stereocenters. The van der Waals surface area contributed by atoms with Crippen LogP contribution in [0.4, 0.5) is 26.1 Å². The summed E-state index contributed by atoms with van der Waals surface area (Å²) in [5, 5.41) is 11.0. The number of hydrogen-bond acceptors (Lipinski definition) is 7. The maximum Gasteiger partial charge on any atom is 0.387 e. The number of aryl methyl sites for hydroxylation is 2. The van der Waals surface area contributed by atoms with Crippen LogP contribution in [0.5, 0.6) is 5.75 Å². The normalized spacial score (nSPS) is 11.2. The Morgan fingerprint density at radius 1 is 1.21 bits per heavy atom. The molecule has 198 valence electrons. The minimum atomic E-state index is -3.04. The largest absolute Gasteiger partial charge is 0.433 e. The Labute approximate surface area is 219 Å². The zero-order valence-corrected chi connectivity index (χ0v) is 21.4. The molecular weight excluding hydrogens is 492 g/mol. The predicted octanol–water partition coefficient (Wildman–Crippen LogP) is 4.99. The highest BCUT2D eigenvalue weighted by molar-refractivity contribution is 6.00. The molecule has 2 N–H and O–H groups in total. The Morgan fingerprint density at radius 3 is 2.76 bits per heavy atom. The van der Waals surface area contributed by atoms with Crippen LogP contribution in [0.3, 0.4) is 0 Å². The van der Waals surface area contributed by atoms with E-state index in [0.29, 0.717) is 23.4 Å². The number of carbonyl (C=O) groups excluding carboxylic acids is 1. The standard InChI is InChI=1S/C27H29F2N7O2/c1-5-25(37)32-21-15-22(24(38-26(28)29)14-17(21)7-6-12-35(2)3)34-27-30-11-10-20(33-27)18-8-9-23-19(13-18)16-31-36(23)4/h5,8-11,13-16,26H,1,6-7,12H2,2-4H3,(H,32,37)(H,30,33,34). The number of alkyl halides is 2. The van der Waals surface area contributed by atoms with Gasteiger partial charge in [-0.25, -0.2) is 9.97 Å². The van der Waals surface area contributed by atoms with Crippen LogP contribution in [0.1, 0.15) is 12.0 Å². The fourth-order valence-corrected chi connectivity index (χ4v) is 4.03. The molecule has 2 aromatic carbocycles. The van der Waals surface area contributed by atoms with Crippen molar-refractivity contribution < 1.29 is 18.3 Å². The molecule has 0 radical (unpaired) electrons. The minimum absolute atomic E-state index is 0.0813. The van der Waals surface area contributed by atoms with Crippen LogP contribution in [0.15, 0.2) is 61.4 Å². The van der Waals surface area contributed by atoms with Crippen LogP contribution in [0.25, 0.3) is 22.2 Å². The molecule has 2 aromatic heterocycles. The summed E-state index contributed by atoms with van der Waals surface area (Å²) in [5.41, 5.74) is 3.74. The van der Waals surface area contributed by atoms with Gasteiger partial charge in [0.25, 0.3) is 0 Å². The fourth-order valence-electron chi connectivity index (χ4n) is 4.03. The maximum absolute atomic E-state index is 13.3. The number of anilines is 3. The number of aromatic nitrogens is 4. The van der Waals surface area contributed by atoms with Crippen molar-refractivity contribution in [1.29, 1.82) is 0 Å². The minimum Gasteiger partial charge on any atom is -0.433 e. The summed E-state index contributed by atoms with van der Waals surface area (Å²) in [7, 11) is 5.76. The number of rotatable bonds is 11. The molecule has 0 aliphatic carbocycles. The highest BCUT2D eigenvalue weighted by Gasteiger charge is 2.17. The van der Waals surface area contributed by atoms with Gasteiger partial charge < -0.3 is 20.3 Å². The van der Waals surface area contributed by atoms with E-state index in [0.717, 1.165) is 35.5 Å². The van der Waals surface area contributed by atoms with E-state index in [4.69, 9.17) is 4.74 Å². The van der Waals surface area contributed by atoms with E-state index in [1.165, 1.54) is 6.07 Å². The summed E-state index contributed by atoms with van der Waals surface area (Å²) in [6.45, 7) is 1.23. The van der Waals surface area contributed by atoms with E-state index < -0.39 is 12.5 Å². The van der Waals surface area contributed by atoms with Crippen molar-refractivity contribution in [3.8, 4) is 17.0 Å². The third-order valence-electron chi connectivity index (χ3n) is 5.86. The third-order valence-corrected chi connectivity index (χ3v) is 5.86.